The number of nitrogens with one attached hydrogen (secondary N) is 1. The predicted octanol–water partition coefficient (Wildman–Crippen LogP) is 2.04. The van der Waals surface area contributed by atoms with Gasteiger partial charge in [0.05, 0.1) is 12.2 Å². The Balaban J connectivity index is 2.12. The number of anilines is 1. The quantitative estimate of drug-likeness (QED) is 0.797. The lowest BCUT2D eigenvalue weighted by Gasteiger charge is -2.08. The van der Waals surface area contributed by atoms with Gasteiger partial charge in [-0.1, -0.05) is 17.9 Å². The Kier molecular flexibility index (Phi) is 4.01. The van der Waals surface area contributed by atoms with Crippen LogP contribution < -0.4 is 11.1 Å². The van der Waals surface area contributed by atoms with E-state index in [4.69, 9.17) is 5.73 Å². The lowest BCUT2D eigenvalue weighted by molar-refractivity contribution is -0.116. The van der Waals surface area contributed by atoms with Gasteiger partial charge in [0.1, 0.15) is 0 Å². The summed E-state index contributed by atoms with van der Waals surface area (Å²) in [5.41, 5.74) is 8.10. The average molecular weight is 242 g/mol. The molecule has 1 aromatic carbocycles. The number of aryl methyl sites for hydroxylation is 1. The van der Waals surface area contributed by atoms with Crippen molar-refractivity contribution in [1.82, 2.24) is 0 Å². The molecule has 3 heteroatoms. The Morgan fingerprint density at radius 2 is 2.28 bits per heavy atom. The summed E-state index contributed by atoms with van der Waals surface area (Å²) in [5, 5.41) is 2.95. The van der Waals surface area contributed by atoms with Crippen molar-refractivity contribution in [1.29, 1.82) is 0 Å². The number of nitrogens with two attached hydrogens (primary N) is 1. The smallest absolute Gasteiger partial charge is 0.224 e. The molecule has 1 amide bonds. The first-order valence-electron chi connectivity index (χ1n) is 6.28. The summed E-state index contributed by atoms with van der Waals surface area (Å²) in [7, 11) is 0. The minimum Gasteiger partial charge on any atom is -0.325 e. The van der Waals surface area contributed by atoms with Crippen LogP contribution in [0.5, 0.6) is 0 Å². The second-order valence-electron chi connectivity index (χ2n) is 4.75. The first-order valence-corrected chi connectivity index (χ1v) is 6.28. The standard InChI is InChI=1S/C15H18N2O/c1-11-4-7-13(3-2-8-16)14(9-11)17-15(18)10-12-5-6-12/h4,7,9,12H,5-6,8,10,16H2,1H3,(H,17,18). The molecule has 1 aromatic rings. The number of rotatable bonds is 3. The molecule has 0 heterocycles. The summed E-state index contributed by atoms with van der Waals surface area (Å²) in [6.45, 7) is 2.32. The molecule has 2 rings (SSSR count). The molecule has 0 spiro atoms. The van der Waals surface area contributed by atoms with Gasteiger partial charge >= 0.3 is 0 Å². The molecule has 0 saturated heterocycles. The Hall–Kier alpha value is -1.79. The molecule has 0 bridgehead atoms. The molecule has 0 aliphatic heterocycles. The molecule has 0 aromatic heterocycles. The summed E-state index contributed by atoms with van der Waals surface area (Å²) in [5.74, 6) is 6.48. The van der Waals surface area contributed by atoms with Crippen LogP contribution in [0.2, 0.25) is 0 Å². The molecule has 1 fully saturated rings. The lowest BCUT2D eigenvalue weighted by Crippen LogP contribution is -2.13. The summed E-state index contributed by atoms with van der Waals surface area (Å²) in [6.07, 6.45) is 2.99. The molecule has 18 heavy (non-hydrogen) atoms. The van der Waals surface area contributed by atoms with Crippen molar-refractivity contribution in [3.8, 4) is 11.8 Å². The van der Waals surface area contributed by atoms with Crippen LogP contribution >= 0.6 is 0 Å². The van der Waals surface area contributed by atoms with E-state index in [-0.39, 0.29) is 5.91 Å². The SMILES string of the molecule is Cc1ccc(C#CCN)c(NC(=O)CC2CC2)c1. The highest BCUT2D eigenvalue weighted by Crippen LogP contribution is 2.32. The maximum absolute atomic E-state index is 11.8. The Morgan fingerprint density at radius 3 is 2.94 bits per heavy atom. The van der Waals surface area contributed by atoms with Crippen molar-refractivity contribution in [3.63, 3.8) is 0 Å². The number of carbonyl (C=O) groups excluding carboxylic acids is 1. The average Bonchev–Trinajstić information content (AvgIpc) is 3.12. The van der Waals surface area contributed by atoms with Gasteiger partial charge in [-0.2, -0.15) is 0 Å². The van der Waals surface area contributed by atoms with Crippen LogP contribution in [0.15, 0.2) is 18.2 Å². The van der Waals surface area contributed by atoms with Crippen LogP contribution in [0, 0.1) is 24.7 Å². The minimum atomic E-state index is 0.0823. The third-order valence-electron chi connectivity index (χ3n) is 2.95. The minimum absolute atomic E-state index is 0.0823. The molecular weight excluding hydrogens is 224 g/mol. The highest BCUT2D eigenvalue weighted by atomic mass is 16.1. The fourth-order valence-corrected chi connectivity index (χ4v) is 1.80. The molecule has 3 N–H and O–H groups in total. The monoisotopic (exact) mass is 242 g/mol. The molecule has 0 atom stereocenters. The van der Waals surface area contributed by atoms with E-state index in [0.717, 1.165) is 16.8 Å². The molecular formula is C15H18N2O. The Morgan fingerprint density at radius 1 is 1.50 bits per heavy atom. The summed E-state index contributed by atoms with van der Waals surface area (Å²) in [4.78, 5) is 11.8. The largest absolute Gasteiger partial charge is 0.325 e. The molecule has 3 nitrogen and oxygen atoms in total. The third-order valence-corrected chi connectivity index (χ3v) is 2.95. The van der Waals surface area contributed by atoms with Crippen LogP contribution in [0.1, 0.15) is 30.4 Å². The molecule has 0 unspecified atom stereocenters. The summed E-state index contributed by atoms with van der Waals surface area (Å²) >= 11 is 0. The topological polar surface area (TPSA) is 55.1 Å². The zero-order valence-corrected chi connectivity index (χ0v) is 10.6. The zero-order valence-electron chi connectivity index (χ0n) is 10.6. The number of benzene rings is 1. The van der Waals surface area contributed by atoms with E-state index in [9.17, 15) is 4.79 Å². The summed E-state index contributed by atoms with van der Waals surface area (Å²) < 4.78 is 0. The van der Waals surface area contributed by atoms with Gasteiger partial charge < -0.3 is 11.1 Å². The predicted molar refractivity (Wildman–Crippen MR) is 73.1 cm³/mol. The number of hydrogen-bond donors (Lipinski definition) is 2. The van der Waals surface area contributed by atoms with Gasteiger partial charge in [0.2, 0.25) is 5.91 Å². The van der Waals surface area contributed by atoms with Crippen LogP contribution in [0.3, 0.4) is 0 Å². The van der Waals surface area contributed by atoms with E-state index in [2.05, 4.69) is 17.2 Å². The second kappa shape index (κ2) is 5.70. The Labute approximate surface area is 108 Å². The van der Waals surface area contributed by atoms with E-state index < -0.39 is 0 Å². The van der Waals surface area contributed by atoms with Crippen molar-refractivity contribution < 1.29 is 4.79 Å². The molecule has 94 valence electrons. The fraction of sp³-hybridized carbons (Fsp3) is 0.400. The van der Waals surface area contributed by atoms with Crippen LogP contribution in [-0.2, 0) is 4.79 Å². The summed E-state index contributed by atoms with van der Waals surface area (Å²) in [6, 6.07) is 5.85. The molecule has 0 radical (unpaired) electrons. The molecule has 1 aliphatic rings. The van der Waals surface area contributed by atoms with Crippen molar-refractivity contribution in [2.75, 3.05) is 11.9 Å². The van der Waals surface area contributed by atoms with Gasteiger partial charge in [-0.3, -0.25) is 4.79 Å². The fourth-order valence-electron chi connectivity index (χ4n) is 1.80. The van der Waals surface area contributed by atoms with Crippen molar-refractivity contribution >= 4 is 11.6 Å². The Bertz CT molecular complexity index is 507. The number of carbonyl (C=O) groups is 1. The van der Waals surface area contributed by atoms with Gasteiger partial charge in [-0.25, -0.2) is 0 Å². The van der Waals surface area contributed by atoms with Gasteiger partial charge in [-0.15, -0.1) is 0 Å². The maximum atomic E-state index is 11.8. The van der Waals surface area contributed by atoms with Gasteiger partial charge in [0.15, 0.2) is 0 Å². The normalized spacial score (nSPS) is 13.7. The van der Waals surface area contributed by atoms with Gasteiger partial charge in [0.25, 0.3) is 0 Å². The zero-order chi connectivity index (χ0) is 13.0. The first kappa shape index (κ1) is 12.7. The van der Waals surface area contributed by atoms with E-state index in [1.165, 1.54) is 12.8 Å². The second-order valence-corrected chi connectivity index (χ2v) is 4.75. The van der Waals surface area contributed by atoms with Crippen molar-refractivity contribution in [2.24, 2.45) is 11.7 Å². The van der Waals surface area contributed by atoms with E-state index in [1.54, 1.807) is 0 Å². The van der Waals surface area contributed by atoms with Crippen LogP contribution in [-0.4, -0.2) is 12.5 Å². The van der Waals surface area contributed by atoms with E-state index in [0.29, 0.717) is 18.9 Å². The highest BCUT2D eigenvalue weighted by Gasteiger charge is 2.24. The van der Waals surface area contributed by atoms with Gasteiger partial charge in [0, 0.05) is 12.0 Å². The molecule has 1 aliphatic carbocycles. The van der Waals surface area contributed by atoms with Crippen LogP contribution in [0.4, 0.5) is 5.69 Å². The first-order chi connectivity index (χ1) is 8.69. The molecule has 1 saturated carbocycles. The number of amides is 1. The highest BCUT2D eigenvalue weighted by molar-refractivity contribution is 5.92. The van der Waals surface area contributed by atoms with Crippen LogP contribution in [0.25, 0.3) is 0 Å². The van der Waals surface area contributed by atoms with Crippen molar-refractivity contribution in [3.05, 3.63) is 29.3 Å². The van der Waals surface area contributed by atoms with Crippen molar-refractivity contribution in [2.45, 2.75) is 26.2 Å². The van der Waals surface area contributed by atoms with E-state index in [1.807, 2.05) is 25.1 Å². The maximum Gasteiger partial charge on any atom is 0.224 e. The third kappa shape index (κ3) is 3.61. The van der Waals surface area contributed by atoms with E-state index >= 15 is 0 Å². The lowest BCUT2D eigenvalue weighted by atomic mass is 10.1. The number of hydrogen-bond acceptors (Lipinski definition) is 2. The van der Waals surface area contributed by atoms with Gasteiger partial charge in [-0.05, 0) is 43.4 Å².